The Balaban J connectivity index is 2.21. The van der Waals surface area contributed by atoms with Gasteiger partial charge in [-0.15, -0.1) is 0 Å². The largest absolute Gasteiger partial charge is 0.495 e. The van der Waals surface area contributed by atoms with Crippen molar-refractivity contribution in [3.63, 3.8) is 0 Å². The minimum Gasteiger partial charge on any atom is -0.495 e. The zero-order valence-corrected chi connectivity index (χ0v) is 11.1. The summed E-state index contributed by atoms with van der Waals surface area (Å²) in [6.45, 7) is -0.0503. The van der Waals surface area contributed by atoms with E-state index in [9.17, 15) is 13.2 Å². The van der Waals surface area contributed by atoms with Gasteiger partial charge >= 0.3 is 0 Å². The van der Waals surface area contributed by atoms with Crippen molar-refractivity contribution in [2.45, 2.75) is 6.54 Å². The van der Waals surface area contributed by atoms with Gasteiger partial charge in [-0.05, 0) is 18.2 Å². The Morgan fingerprint density at radius 3 is 2.48 bits per heavy atom. The number of benzene rings is 2. The maximum absolute atomic E-state index is 13.5. The number of nitrogens with one attached hydrogen (secondary N) is 1. The molecular weight excluding hydrogens is 281 g/mol. The minimum absolute atomic E-state index is 0.0136. The van der Waals surface area contributed by atoms with Crippen LogP contribution in [0.25, 0.3) is 0 Å². The summed E-state index contributed by atoms with van der Waals surface area (Å²) < 4.78 is 44.6. The third kappa shape index (κ3) is 3.26. The maximum atomic E-state index is 13.5. The molecule has 0 aromatic heterocycles. The summed E-state index contributed by atoms with van der Waals surface area (Å²) >= 11 is 0. The Morgan fingerprint density at radius 2 is 1.81 bits per heavy atom. The fourth-order valence-corrected chi connectivity index (χ4v) is 1.80. The van der Waals surface area contributed by atoms with Gasteiger partial charge < -0.3 is 10.1 Å². The molecule has 0 saturated heterocycles. The standard InChI is InChI=1S/C15H11F3N2O/c1-21-15-4-9(7-19)2-3-14(15)20-8-10-5-12(17)13(18)6-11(10)16/h2-6,20H,8H2,1H3. The molecule has 0 aliphatic heterocycles. The van der Waals surface area contributed by atoms with Crippen LogP contribution in [0.2, 0.25) is 0 Å². The van der Waals surface area contributed by atoms with E-state index in [1.807, 2.05) is 6.07 Å². The smallest absolute Gasteiger partial charge is 0.161 e. The van der Waals surface area contributed by atoms with Gasteiger partial charge in [0.15, 0.2) is 11.6 Å². The van der Waals surface area contributed by atoms with Crippen molar-refractivity contribution in [1.29, 1.82) is 5.26 Å². The highest BCUT2D eigenvalue weighted by molar-refractivity contribution is 5.59. The number of anilines is 1. The summed E-state index contributed by atoms with van der Waals surface area (Å²) in [5.41, 5.74) is 0.914. The molecule has 0 aliphatic carbocycles. The zero-order valence-electron chi connectivity index (χ0n) is 11.1. The van der Waals surface area contributed by atoms with Gasteiger partial charge in [0, 0.05) is 24.2 Å². The van der Waals surface area contributed by atoms with Gasteiger partial charge in [0.05, 0.1) is 24.4 Å². The van der Waals surface area contributed by atoms with Crippen LogP contribution < -0.4 is 10.1 Å². The molecule has 0 atom stereocenters. The molecule has 108 valence electrons. The number of nitriles is 1. The second-order valence-corrected chi connectivity index (χ2v) is 4.24. The van der Waals surface area contributed by atoms with Crippen LogP contribution in [0.15, 0.2) is 30.3 Å². The van der Waals surface area contributed by atoms with Crippen LogP contribution in [0.5, 0.6) is 5.75 Å². The van der Waals surface area contributed by atoms with E-state index in [2.05, 4.69) is 5.32 Å². The van der Waals surface area contributed by atoms with E-state index < -0.39 is 17.5 Å². The summed E-state index contributed by atoms with van der Waals surface area (Å²) in [6.07, 6.45) is 0. The number of ether oxygens (including phenoxy) is 1. The van der Waals surface area contributed by atoms with E-state index >= 15 is 0 Å². The van der Waals surface area contributed by atoms with Gasteiger partial charge in [0.25, 0.3) is 0 Å². The quantitative estimate of drug-likeness (QED) is 0.876. The zero-order chi connectivity index (χ0) is 15.4. The molecule has 0 aliphatic rings. The number of rotatable bonds is 4. The first-order valence-electron chi connectivity index (χ1n) is 6.00. The summed E-state index contributed by atoms with van der Waals surface area (Å²) in [6, 6.07) is 7.94. The molecule has 6 heteroatoms. The molecule has 0 bridgehead atoms. The van der Waals surface area contributed by atoms with Crippen LogP contribution in [0.4, 0.5) is 18.9 Å². The predicted molar refractivity (Wildman–Crippen MR) is 71.4 cm³/mol. The maximum Gasteiger partial charge on any atom is 0.161 e. The van der Waals surface area contributed by atoms with Crippen molar-refractivity contribution >= 4 is 5.69 Å². The summed E-state index contributed by atoms with van der Waals surface area (Å²) in [5.74, 6) is -2.78. The molecule has 0 radical (unpaired) electrons. The fourth-order valence-electron chi connectivity index (χ4n) is 1.80. The van der Waals surface area contributed by atoms with E-state index in [0.29, 0.717) is 23.1 Å². The first kappa shape index (κ1) is 14.7. The third-order valence-corrected chi connectivity index (χ3v) is 2.89. The Bertz CT molecular complexity index is 711. The molecule has 0 amide bonds. The first-order chi connectivity index (χ1) is 10.0. The number of hydrogen-bond acceptors (Lipinski definition) is 3. The Hall–Kier alpha value is -2.68. The molecule has 2 aromatic carbocycles. The lowest BCUT2D eigenvalue weighted by Crippen LogP contribution is -2.05. The SMILES string of the molecule is COc1cc(C#N)ccc1NCc1cc(F)c(F)cc1F. The van der Waals surface area contributed by atoms with E-state index in [1.54, 1.807) is 12.1 Å². The van der Waals surface area contributed by atoms with Crippen molar-refractivity contribution in [1.82, 2.24) is 0 Å². The second kappa shape index (κ2) is 6.18. The lowest BCUT2D eigenvalue weighted by atomic mass is 10.1. The molecule has 3 nitrogen and oxygen atoms in total. The summed E-state index contributed by atoms with van der Waals surface area (Å²) in [4.78, 5) is 0. The molecule has 0 unspecified atom stereocenters. The molecule has 0 heterocycles. The van der Waals surface area contributed by atoms with E-state index in [-0.39, 0.29) is 12.1 Å². The molecule has 0 saturated carbocycles. The van der Waals surface area contributed by atoms with Crippen LogP contribution >= 0.6 is 0 Å². The van der Waals surface area contributed by atoms with Gasteiger partial charge in [-0.3, -0.25) is 0 Å². The van der Waals surface area contributed by atoms with Crippen molar-refractivity contribution < 1.29 is 17.9 Å². The van der Waals surface area contributed by atoms with Gasteiger partial charge in [0.2, 0.25) is 0 Å². The van der Waals surface area contributed by atoms with Crippen LogP contribution in [-0.2, 0) is 6.54 Å². The lowest BCUT2D eigenvalue weighted by Gasteiger charge is -2.12. The molecule has 2 rings (SSSR count). The highest BCUT2D eigenvalue weighted by atomic mass is 19.2. The van der Waals surface area contributed by atoms with E-state index in [1.165, 1.54) is 13.2 Å². The second-order valence-electron chi connectivity index (χ2n) is 4.24. The average molecular weight is 292 g/mol. The minimum atomic E-state index is -1.23. The lowest BCUT2D eigenvalue weighted by molar-refractivity contribution is 0.416. The number of nitrogens with zero attached hydrogens (tertiary/aromatic N) is 1. The fraction of sp³-hybridized carbons (Fsp3) is 0.133. The molecular formula is C15H11F3N2O. The van der Waals surface area contributed by atoms with Gasteiger partial charge in [-0.2, -0.15) is 5.26 Å². The van der Waals surface area contributed by atoms with Crippen LogP contribution in [0.1, 0.15) is 11.1 Å². The van der Waals surface area contributed by atoms with Gasteiger partial charge in [0.1, 0.15) is 11.6 Å². The average Bonchev–Trinajstić information content (AvgIpc) is 2.49. The van der Waals surface area contributed by atoms with E-state index in [0.717, 1.165) is 6.07 Å². The Morgan fingerprint density at radius 1 is 1.10 bits per heavy atom. The van der Waals surface area contributed by atoms with Crippen molar-refractivity contribution in [3.05, 3.63) is 58.9 Å². The monoisotopic (exact) mass is 292 g/mol. The van der Waals surface area contributed by atoms with Crippen LogP contribution in [0, 0.1) is 28.8 Å². The number of methoxy groups -OCH3 is 1. The van der Waals surface area contributed by atoms with Crippen molar-refractivity contribution in [2.75, 3.05) is 12.4 Å². The molecule has 21 heavy (non-hydrogen) atoms. The van der Waals surface area contributed by atoms with Crippen molar-refractivity contribution in [2.24, 2.45) is 0 Å². The highest BCUT2D eigenvalue weighted by Gasteiger charge is 2.11. The number of halogens is 3. The molecule has 1 N–H and O–H groups in total. The molecule has 0 spiro atoms. The predicted octanol–water partition coefficient (Wildman–Crippen LogP) is 3.60. The normalized spacial score (nSPS) is 10.0. The third-order valence-electron chi connectivity index (χ3n) is 2.89. The van der Waals surface area contributed by atoms with Crippen molar-refractivity contribution in [3.8, 4) is 11.8 Å². The molecule has 0 fully saturated rings. The van der Waals surface area contributed by atoms with Crippen LogP contribution in [-0.4, -0.2) is 7.11 Å². The first-order valence-corrected chi connectivity index (χ1v) is 6.00. The van der Waals surface area contributed by atoms with E-state index in [4.69, 9.17) is 10.00 Å². The van der Waals surface area contributed by atoms with Crippen LogP contribution in [0.3, 0.4) is 0 Å². The molecule has 2 aromatic rings. The summed E-state index contributed by atoms with van der Waals surface area (Å²) in [7, 11) is 1.43. The van der Waals surface area contributed by atoms with Gasteiger partial charge in [-0.25, -0.2) is 13.2 Å². The van der Waals surface area contributed by atoms with Gasteiger partial charge in [-0.1, -0.05) is 0 Å². The highest BCUT2D eigenvalue weighted by Crippen LogP contribution is 2.26. The Labute approximate surface area is 119 Å². The topological polar surface area (TPSA) is 45.0 Å². The number of hydrogen-bond donors (Lipinski definition) is 1. The summed E-state index contributed by atoms with van der Waals surface area (Å²) in [5, 5.41) is 11.7. The Kier molecular flexibility index (Phi) is 4.33.